The molecule has 0 aliphatic carbocycles. The second-order valence-electron chi connectivity index (χ2n) is 8.03. The van der Waals surface area contributed by atoms with Gasteiger partial charge >= 0.3 is 11.9 Å². The summed E-state index contributed by atoms with van der Waals surface area (Å²) < 4.78 is 38.5. The van der Waals surface area contributed by atoms with Crippen LogP contribution in [-0.4, -0.2) is 42.9 Å². The molecule has 3 aromatic rings. The first-order chi connectivity index (χ1) is 17.6. The van der Waals surface area contributed by atoms with E-state index in [1.54, 1.807) is 6.92 Å². The van der Waals surface area contributed by atoms with Crippen LogP contribution in [0.2, 0.25) is 10.0 Å². The highest BCUT2D eigenvalue weighted by Crippen LogP contribution is 2.40. The zero-order valence-electron chi connectivity index (χ0n) is 19.5. The molecule has 1 amide bonds. The van der Waals surface area contributed by atoms with E-state index in [1.165, 1.54) is 34.6 Å². The Morgan fingerprint density at radius 2 is 1.73 bits per heavy atom. The molecular formula is C25H22Cl2N2O7S. The molecule has 0 saturated heterocycles. The average Bonchev–Trinajstić information content (AvgIpc) is 2.86. The normalized spacial score (nSPS) is 13.5. The van der Waals surface area contributed by atoms with Crippen LogP contribution in [-0.2, 0) is 37.3 Å². The van der Waals surface area contributed by atoms with Crippen molar-refractivity contribution in [1.82, 2.24) is 4.31 Å². The second kappa shape index (κ2) is 11.0. The lowest BCUT2D eigenvalue weighted by atomic mass is 10.0. The van der Waals surface area contributed by atoms with E-state index in [0.717, 1.165) is 11.1 Å². The Kier molecular flexibility index (Phi) is 7.93. The zero-order chi connectivity index (χ0) is 26.7. The molecule has 9 nitrogen and oxygen atoms in total. The van der Waals surface area contributed by atoms with E-state index in [-0.39, 0.29) is 51.8 Å². The van der Waals surface area contributed by atoms with Crippen LogP contribution >= 0.6 is 23.2 Å². The molecule has 12 heteroatoms. The number of sulfonamides is 1. The van der Waals surface area contributed by atoms with Crippen molar-refractivity contribution in [3.8, 4) is 17.2 Å². The number of phenols is 1. The Labute approximate surface area is 223 Å². The molecule has 0 spiro atoms. The van der Waals surface area contributed by atoms with Crippen molar-refractivity contribution in [1.29, 1.82) is 0 Å². The summed E-state index contributed by atoms with van der Waals surface area (Å²) in [4.78, 5) is 23.1. The van der Waals surface area contributed by atoms with E-state index in [9.17, 15) is 23.1 Å². The van der Waals surface area contributed by atoms with Crippen LogP contribution in [0.1, 0.15) is 18.1 Å². The molecule has 0 unspecified atom stereocenters. The molecule has 1 aliphatic rings. The van der Waals surface area contributed by atoms with Crippen LogP contribution in [0.4, 0.5) is 5.69 Å². The summed E-state index contributed by atoms with van der Waals surface area (Å²) in [7, 11) is -4.06. The Bertz CT molecular complexity index is 1450. The van der Waals surface area contributed by atoms with Gasteiger partial charge in [0.2, 0.25) is 10.0 Å². The SMILES string of the molecule is CCOC(=O)C(=O)Nc1cc(Cl)c(Oc2ccc(O)c(S(=O)(=O)N3CCc4ccccc4C3)c2)c(Cl)c1. The van der Waals surface area contributed by atoms with Gasteiger partial charge in [-0.2, -0.15) is 4.31 Å². The molecule has 4 rings (SSSR count). The first kappa shape index (κ1) is 26.7. The van der Waals surface area contributed by atoms with E-state index in [1.807, 2.05) is 24.3 Å². The smallest absolute Gasteiger partial charge is 0.397 e. The maximum atomic E-state index is 13.4. The summed E-state index contributed by atoms with van der Waals surface area (Å²) in [5, 5.41) is 12.7. The number of phenolic OH excluding ortho intramolecular Hbond substituents is 1. The van der Waals surface area contributed by atoms with Gasteiger partial charge in [-0.15, -0.1) is 0 Å². The molecule has 2 N–H and O–H groups in total. The summed E-state index contributed by atoms with van der Waals surface area (Å²) in [6.07, 6.45) is 0.552. The number of esters is 1. The molecule has 1 heterocycles. The quantitative estimate of drug-likeness (QED) is 0.327. The third kappa shape index (κ3) is 5.83. The van der Waals surface area contributed by atoms with Crippen molar-refractivity contribution in [3.63, 3.8) is 0 Å². The summed E-state index contributed by atoms with van der Waals surface area (Å²) in [5.74, 6) is -2.46. The number of hydrogen-bond donors (Lipinski definition) is 2. The average molecular weight is 565 g/mol. The lowest BCUT2D eigenvalue weighted by molar-refractivity contribution is -0.152. The molecule has 3 aromatic carbocycles. The molecule has 194 valence electrons. The minimum absolute atomic E-state index is 0.0154. The standard InChI is InChI=1S/C25H22Cl2N2O7S/c1-2-35-25(32)24(31)28-17-11-19(26)23(20(27)12-17)36-18-7-8-21(30)22(13-18)37(33,34)29-10-9-15-5-3-4-6-16(15)14-29/h3-8,11-13,30H,2,9-10,14H2,1H3,(H,28,31). The zero-order valence-corrected chi connectivity index (χ0v) is 21.9. The number of nitrogens with one attached hydrogen (secondary N) is 1. The number of benzene rings is 3. The van der Waals surface area contributed by atoms with Crippen molar-refractivity contribution in [2.24, 2.45) is 0 Å². The highest BCUT2D eigenvalue weighted by atomic mass is 35.5. The number of rotatable bonds is 6. The van der Waals surface area contributed by atoms with Gasteiger partial charge in [0, 0.05) is 24.8 Å². The van der Waals surface area contributed by atoms with Gasteiger partial charge in [0.15, 0.2) is 5.75 Å². The lowest BCUT2D eigenvalue weighted by Gasteiger charge is -2.28. The van der Waals surface area contributed by atoms with E-state index in [4.69, 9.17) is 27.9 Å². The van der Waals surface area contributed by atoms with Crippen molar-refractivity contribution < 1.29 is 32.6 Å². The molecule has 0 atom stereocenters. The topological polar surface area (TPSA) is 122 Å². The Balaban J connectivity index is 1.57. The van der Waals surface area contributed by atoms with Gasteiger partial charge in [0.05, 0.1) is 16.7 Å². The monoisotopic (exact) mass is 564 g/mol. The van der Waals surface area contributed by atoms with Gasteiger partial charge in [0.1, 0.15) is 16.4 Å². The van der Waals surface area contributed by atoms with E-state index < -0.39 is 27.6 Å². The van der Waals surface area contributed by atoms with Crippen LogP contribution in [0, 0.1) is 0 Å². The summed E-state index contributed by atoms with van der Waals surface area (Å²) >= 11 is 12.6. The van der Waals surface area contributed by atoms with Crippen molar-refractivity contribution in [2.45, 2.75) is 24.8 Å². The number of nitrogens with zero attached hydrogens (tertiary/aromatic N) is 1. The third-order valence-electron chi connectivity index (χ3n) is 5.58. The fourth-order valence-electron chi connectivity index (χ4n) is 3.80. The first-order valence-corrected chi connectivity index (χ1v) is 13.3. The number of anilines is 1. The number of halogens is 2. The van der Waals surface area contributed by atoms with E-state index in [0.29, 0.717) is 6.42 Å². The lowest BCUT2D eigenvalue weighted by Crippen LogP contribution is -2.35. The highest BCUT2D eigenvalue weighted by molar-refractivity contribution is 7.89. The summed E-state index contributed by atoms with van der Waals surface area (Å²) in [6.45, 7) is 2.05. The third-order valence-corrected chi connectivity index (χ3v) is 8.02. The Hall–Kier alpha value is -3.31. The van der Waals surface area contributed by atoms with Crippen LogP contribution in [0.3, 0.4) is 0 Å². The molecule has 0 radical (unpaired) electrons. The molecule has 0 aromatic heterocycles. The van der Waals surface area contributed by atoms with Crippen molar-refractivity contribution >= 4 is 50.8 Å². The number of amides is 1. The van der Waals surface area contributed by atoms with Crippen LogP contribution < -0.4 is 10.1 Å². The molecule has 0 fully saturated rings. The Morgan fingerprint density at radius 3 is 2.41 bits per heavy atom. The maximum Gasteiger partial charge on any atom is 0.397 e. The molecule has 1 aliphatic heterocycles. The number of ether oxygens (including phenoxy) is 2. The number of aromatic hydroxyl groups is 1. The van der Waals surface area contributed by atoms with Gasteiger partial charge < -0.3 is 19.9 Å². The van der Waals surface area contributed by atoms with Crippen LogP contribution in [0.25, 0.3) is 0 Å². The minimum Gasteiger partial charge on any atom is -0.507 e. The second-order valence-corrected chi connectivity index (χ2v) is 10.8. The van der Waals surface area contributed by atoms with E-state index in [2.05, 4.69) is 10.1 Å². The number of carbonyl (C=O) groups excluding carboxylic acids is 2. The number of fused-ring (bicyclic) bond motifs is 1. The van der Waals surface area contributed by atoms with Crippen molar-refractivity contribution in [3.05, 3.63) is 75.8 Å². The largest absolute Gasteiger partial charge is 0.507 e. The van der Waals surface area contributed by atoms with Crippen LogP contribution in [0.5, 0.6) is 17.2 Å². The molecule has 37 heavy (non-hydrogen) atoms. The summed E-state index contributed by atoms with van der Waals surface area (Å²) in [6, 6.07) is 14.0. The van der Waals surface area contributed by atoms with Crippen LogP contribution in [0.15, 0.2) is 59.5 Å². The predicted molar refractivity (Wildman–Crippen MR) is 138 cm³/mol. The number of hydrogen-bond acceptors (Lipinski definition) is 7. The molecule has 0 bridgehead atoms. The highest BCUT2D eigenvalue weighted by Gasteiger charge is 2.31. The first-order valence-electron chi connectivity index (χ1n) is 11.1. The van der Waals surface area contributed by atoms with Crippen molar-refractivity contribution in [2.75, 3.05) is 18.5 Å². The fourth-order valence-corrected chi connectivity index (χ4v) is 5.89. The molecular weight excluding hydrogens is 543 g/mol. The fraction of sp³-hybridized carbons (Fsp3) is 0.200. The summed E-state index contributed by atoms with van der Waals surface area (Å²) in [5.41, 5.74) is 2.11. The predicted octanol–water partition coefficient (Wildman–Crippen LogP) is 4.74. The van der Waals surface area contributed by atoms with Gasteiger partial charge in [0.25, 0.3) is 0 Å². The maximum absolute atomic E-state index is 13.4. The van der Waals surface area contributed by atoms with Gasteiger partial charge in [-0.25, -0.2) is 13.2 Å². The Morgan fingerprint density at radius 1 is 1.05 bits per heavy atom. The molecule has 0 saturated carbocycles. The minimum atomic E-state index is -4.06. The van der Waals surface area contributed by atoms with Gasteiger partial charge in [-0.05, 0) is 48.7 Å². The van der Waals surface area contributed by atoms with Gasteiger partial charge in [-0.3, -0.25) is 4.79 Å². The number of carbonyl (C=O) groups is 2. The van der Waals surface area contributed by atoms with Gasteiger partial charge in [-0.1, -0.05) is 47.5 Å². The van der Waals surface area contributed by atoms with E-state index >= 15 is 0 Å².